The highest BCUT2D eigenvalue weighted by atomic mass is 16.5. The van der Waals surface area contributed by atoms with Crippen LogP contribution in [0.3, 0.4) is 0 Å². The highest BCUT2D eigenvalue weighted by molar-refractivity contribution is 5.86. The Bertz CT molecular complexity index is 1430. The summed E-state index contributed by atoms with van der Waals surface area (Å²) >= 11 is 0. The molecule has 4 aromatic rings. The van der Waals surface area contributed by atoms with Gasteiger partial charge in [-0.1, -0.05) is 26.0 Å². The van der Waals surface area contributed by atoms with Crippen molar-refractivity contribution in [2.24, 2.45) is 0 Å². The molecule has 0 radical (unpaired) electrons. The molecule has 6 heteroatoms. The van der Waals surface area contributed by atoms with Gasteiger partial charge in [-0.15, -0.1) is 0 Å². The van der Waals surface area contributed by atoms with Gasteiger partial charge >= 0.3 is 0 Å². The molecule has 1 aliphatic rings. The van der Waals surface area contributed by atoms with Gasteiger partial charge in [-0.05, 0) is 79.8 Å². The number of fused-ring (bicyclic) bond motifs is 1. The summed E-state index contributed by atoms with van der Waals surface area (Å²) < 4.78 is 17.6. The number of aromatic nitrogens is 1. The second kappa shape index (κ2) is 9.85. The number of aryl methyl sites for hydroxylation is 2. The Hall–Kier alpha value is -3.93. The van der Waals surface area contributed by atoms with Gasteiger partial charge in [0.1, 0.15) is 17.7 Å². The van der Waals surface area contributed by atoms with E-state index in [2.05, 4.69) is 97.2 Å². The Morgan fingerprint density at radius 2 is 1.76 bits per heavy atom. The van der Waals surface area contributed by atoms with Gasteiger partial charge in [-0.25, -0.2) is 4.98 Å². The van der Waals surface area contributed by atoms with Gasteiger partial charge in [0.2, 0.25) is 0 Å². The molecule has 0 spiro atoms. The van der Waals surface area contributed by atoms with Crippen molar-refractivity contribution >= 4 is 17.1 Å². The fourth-order valence-electron chi connectivity index (χ4n) is 5.33. The molecule has 6 nitrogen and oxygen atoms in total. The van der Waals surface area contributed by atoms with E-state index in [1.165, 1.54) is 28.8 Å². The molecular formula is C31H35N3O3. The molecule has 37 heavy (non-hydrogen) atoms. The van der Waals surface area contributed by atoms with E-state index in [9.17, 15) is 0 Å². The van der Waals surface area contributed by atoms with Gasteiger partial charge in [0, 0.05) is 18.8 Å². The lowest BCUT2D eigenvalue weighted by atomic mass is 9.94. The lowest BCUT2D eigenvalue weighted by Crippen LogP contribution is -2.31. The van der Waals surface area contributed by atoms with Gasteiger partial charge in [0.05, 0.1) is 36.3 Å². The van der Waals surface area contributed by atoms with Crippen LogP contribution in [0.25, 0.3) is 11.3 Å². The van der Waals surface area contributed by atoms with Gasteiger partial charge in [-0.2, -0.15) is 0 Å². The number of hydrogen-bond acceptors (Lipinski definition) is 6. The number of ether oxygens (including phenoxy) is 2. The smallest absolute Gasteiger partial charge is 0.181 e. The Labute approximate surface area is 219 Å². The van der Waals surface area contributed by atoms with Crippen LogP contribution in [-0.2, 0) is 0 Å². The first-order chi connectivity index (χ1) is 17.8. The molecule has 1 aromatic heterocycles. The normalized spacial score (nSPS) is 14.9. The first-order valence-corrected chi connectivity index (χ1v) is 12.8. The Morgan fingerprint density at radius 3 is 2.41 bits per heavy atom. The summed E-state index contributed by atoms with van der Waals surface area (Å²) in [6.07, 6.45) is 1.44. The van der Waals surface area contributed by atoms with E-state index in [1.807, 2.05) is 13.8 Å². The van der Waals surface area contributed by atoms with E-state index in [0.29, 0.717) is 12.5 Å². The van der Waals surface area contributed by atoms with Crippen LogP contribution in [0.5, 0.6) is 11.5 Å². The first kappa shape index (κ1) is 24.8. The minimum absolute atomic E-state index is 0.0341. The molecule has 1 aliphatic heterocycles. The number of methoxy groups -OCH3 is 1. The molecule has 0 aliphatic carbocycles. The van der Waals surface area contributed by atoms with Gasteiger partial charge in [-0.3, -0.25) is 0 Å². The standard InChI is InChI=1S/C31H35N3O3/c1-8-36-29-15-20(4)25(17-24(29)19(2)3)31-33(6)26-11-9-10-12-27(26)34(31)22-13-14-23(28(16-22)35-7)30-21(5)32-18-37-30/h9-19,31H,8H2,1-7H3. The molecule has 3 aromatic carbocycles. The summed E-state index contributed by atoms with van der Waals surface area (Å²) in [7, 11) is 3.86. The van der Waals surface area contributed by atoms with Crippen molar-refractivity contribution in [1.29, 1.82) is 0 Å². The second-order valence-electron chi connectivity index (χ2n) is 9.83. The molecule has 0 saturated carbocycles. The molecule has 1 atom stereocenters. The zero-order valence-electron chi connectivity index (χ0n) is 22.7. The SMILES string of the molecule is CCOc1cc(C)c(C2N(C)c3ccccc3N2c2ccc(-c3ocnc3C)c(OC)c2)cc1C(C)C. The molecule has 0 saturated heterocycles. The maximum absolute atomic E-state index is 6.03. The number of hydrogen-bond donors (Lipinski definition) is 0. The largest absolute Gasteiger partial charge is 0.496 e. The summed E-state index contributed by atoms with van der Waals surface area (Å²) in [5, 5.41) is 0. The van der Waals surface area contributed by atoms with Crippen LogP contribution in [0.4, 0.5) is 17.1 Å². The Balaban J connectivity index is 1.68. The maximum Gasteiger partial charge on any atom is 0.181 e. The minimum Gasteiger partial charge on any atom is -0.496 e. The van der Waals surface area contributed by atoms with Crippen LogP contribution in [0.1, 0.15) is 55.2 Å². The number of anilines is 3. The minimum atomic E-state index is -0.0341. The molecule has 2 heterocycles. The van der Waals surface area contributed by atoms with Crippen molar-refractivity contribution in [3.63, 3.8) is 0 Å². The monoisotopic (exact) mass is 497 g/mol. The van der Waals surface area contributed by atoms with Crippen molar-refractivity contribution in [2.45, 2.75) is 46.7 Å². The van der Waals surface area contributed by atoms with E-state index < -0.39 is 0 Å². The average Bonchev–Trinajstić information content (AvgIpc) is 3.44. The Kier molecular flexibility index (Phi) is 6.59. The molecule has 0 N–H and O–H groups in total. The van der Waals surface area contributed by atoms with Crippen molar-refractivity contribution < 1.29 is 13.9 Å². The lowest BCUT2D eigenvalue weighted by molar-refractivity contribution is 0.334. The summed E-state index contributed by atoms with van der Waals surface area (Å²) in [5.41, 5.74) is 8.77. The van der Waals surface area contributed by atoms with Crippen LogP contribution in [0.15, 0.2) is 65.4 Å². The summed E-state index contributed by atoms with van der Waals surface area (Å²) in [4.78, 5) is 9.00. The summed E-state index contributed by atoms with van der Waals surface area (Å²) in [5.74, 6) is 2.78. The number of rotatable bonds is 7. The van der Waals surface area contributed by atoms with Gasteiger partial charge in [0.25, 0.3) is 0 Å². The van der Waals surface area contributed by atoms with Gasteiger partial charge < -0.3 is 23.7 Å². The van der Waals surface area contributed by atoms with Crippen LogP contribution in [0, 0.1) is 13.8 Å². The van der Waals surface area contributed by atoms with Crippen molar-refractivity contribution in [2.75, 3.05) is 30.6 Å². The first-order valence-electron chi connectivity index (χ1n) is 12.8. The topological polar surface area (TPSA) is 51.0 Å². The fraction of sp³-hybridized carbons (Fsp3) is 0.323. The third-order valence-corrected chi connectivity index (χ3v) is 7.18. The third kappa shape index (κ3) is 4.20. The predicted molar refractivity (Wildman–Crippen MR) is 149 cm³/mol. The van der Waals surface area contributed by atoms with E-state index in [1.54, 1.807) is 7.11 Å². The summed E-state index contributed by atoms with van der Waals surface area (Å²) in [6, 6.07) is 19.4. The fourth-order valence-corrected chi connectivity index (χ4v) is 5.33. The zero-order valence-corrected chi connectivity index (χ0v) is 22.7. The van der Waals surface area contributed by atoms with Crippen molar-refractivity contribution in [3.05, 3.63) is 83.4 Å². The highest BCUT2D eigenvalue weighted by Gasteiger charge is 2.37. The maximum atomic E-state index is 6.03. The average molecular weight is 498 g/mol. The van der Waals surface area contributed by atoms with Crippen molar-refractivity contribution in [3.8, 4) is 22.8 Å². The van der Waals surface area contributed by atoms with Crippen molar-refractivity contribution in [1.82, 2.24) is 4.98 Å². The lowest BCUT2D eigenvalue weighted by Gasteiger charge is -2.33. The van der Waals surface area contributed by atoms with E-state index >= 15 is 0 Å². The van der Waals surface area contributed by atoms with Crippen LogP contribution in [0.2, 0.25) is 0 Å². The number of oxazole rings is 1. The van der Waals surface area contributed by atoms with Crippen LogP contribution < -0.4 is 19.3 Å². The highest BCUT2D eigenvalue weighted by Crippen LogP contribution is 2.51. The Morgan fingerprint density at radius 1 is 1.00 bits per heavy atom. The second-order valence-corrected chi connectivity index (χ2v) is 9.83. The van der Waals surface area contributed by atoms with Crippen LogP contribution in [-0.4, -0.2) is 25.7 Å². The zero-order chi connectivity index (χ0) is 26.3. The molecule has 1 unspecified atom stereocenters. The van der Waals surface area contributed by atoms with Gasteiger partial charge in [0.15, 0.2) is 12.2 Å². The third-order valence-electron chi connectivity index (χ3n) is 7.18. The van der Waals surface area contributed by atoms with E-state index in [0.717, 1.165) is 39.9 Å². The number of nitrogens with zero attached hydrogens (tertiary/aromatic N) is 3. The van der Waals surface area contributed by atoms with Crippen LogP contribution >= 0.6 is 0 Å². The molecular weight excluding hydrogens is 462 g/mol. The predicted octanol–water partition coefficient (Wildman–Crippen LogP) is 7.78. The molecule has 5 rings (SSSR count). The molecule has 0 bridgehead atoms. The molecule has 0 fully saturated rings. The number of benzene rings is 3. The van der Waals surface area contributed by atoms with E-state index in [4.69, 9.17) is 13.9 Å². The van der Waals surface area contributed by atoms with E-state index in [-0.39, 0.29) is 6.17 Å². The quantitative estimate of drug-likeness (QED) is 0.260. The summed E-state index contributed by atoms with van der Waals surface area (Å²) in [6.45, 7) is 11.2. The molecule has 192 valence electrons. The molecule has 0 amide bonds. The number of para-hydroxylation sites is 2.